The minimum Gasteiger partial charge on any atom is -0.377 e. The largest absolute Gasteiger partial charge is 0.377 e. The van der Waals surface area contributed by atoms with E-state index < -0.39 is 0 Å². The van der Waals surface area contributed by atoms with Gasteiger partial charge in [0.05, 0.1) is 16.1 Å². The molecule has 1 saturated heterocycles. The van der Waals surface area contributed by atoms with Gasteiger partial charge in [-0.3, -0.25) is 0 Å². The third-order valence-electron chi connectivity index (χ3n) is 3.01. The number of hydrogen-bond acceptors (Lipinski definition) is 4. The Bertz CT molecular complexity index is 445. The summed E-state index contributed by atoms with van der Waals surface area (Å²) in [5.74, 6) is 0.710. The summed E-state index contributed by atoms with van der Waals surface area (Å²) < 4.78 is 5.56. The molecule has 0 amide bonds. The molecule has 6 heteroatoms. The Hall–Kier alpha value is -0.160. The average Bonchev–Trinajstić information content (AvgIpc) is 2.77. The van der Waals surface area contributed by atoms with Gasteiger partial charge in [-0.25, -0.2) is 4.98 Å². The maximum absolute atomic E-state index is 6.23. The predicted molar refractivity (Wildman–Crippen MR) is 82.7 cm³/mol. The first kappa shape index (κ1) is 15.2. The number of thioether (sulfide) groups is 1. The van der Waals surface area contributed by atoms with E-state index in [9.17, 15) is 0 Å². The Labute approximate surface area is 128 Å². The van der Waals surface area contributed by atoms with Crippen molar-refractivity contribution >= 4 is 40.8 Å². The van der Waals surface area contributed by atoms with Crippen LogP contribution in [-0.4, -0.2) is 29.5 Å². The van der Waals surface area contributed by atoms with E-state index >= 15 is 0 Å². The van der Waals surface area contributed by atoms with Crippen molar-refractivity contribution in [1.29, 1.82) is 0 Å². The van der Waals surface area contributed by atoms with Crippen molar-refractivity contribution in [2.24, 2.45) is 0 Å². The fourth-order valence-electron chi connectivity index (χ4n) is 1.91. The van der Waals surface area contributed by atoms with Crippen LogP contribution in [0.4, 0.5) is 5.82 Å². The summed E-state index contributed by atoms with van der Waals surface area (Å²) in [5.41, 5.74) is 0. The lowest BCUT2D eigenvalue weighted by molar-refractivity contribution is 0.127. The molecule has 1 N–H and O–H groups in total. The van der Waals surface area contributed by atoms with Gasteiger partial charge in [-0.15, -0.1) is 0 Å². The molecule has 0 aromatic carbocycles. The standard InChI is InChI=1S/C13H18Cl2N2OS/c1-3-5-16-12-9(14)7-10(15)13(17-12)19-11-4-6-18-8(11)2/h7-8,11H,3-6H2,1-2H3,(H,16,17). The van der Waals surface area contributed by atoms with E-state index in [1.807, 2.05) is 0 Å². The Morgan fingerprint density at radius 1 is 1.47 bits per heavy atom. The predicted octanol–water partition coefficient (Wildman–Crippen LogP) is 4.48. The summed E-state index contributed by atoms with van der Waals surface area (Å²) in [4.78, 5) is 4.54. The first-order valence-corrected chi connectivity index (χ1v) is 8.13. The molecule has 0 aliphatic carbocycles. The summed E-state index contributed by atoms with van der Waals surface area (Å²) in [6, 6.07) is 1.76. The van der Waals surface area contributed by atoms with Gasteiger partial charge in [-0.2, -0.15) is 0 Å². The number of aromatic nitrogens is 1. The SMILES string of the molecule is CCCNc1nc(SC2CCOC2C)c(Cl)cc1Cl. The van der Waals surface area contributed by atoms with Crippen LogP contribution in [0.1, 0.15) is 26.7 Å². The van der Waals surface area contributed by atoms with Crippen LogP contribution in [-0.2, 0) is 4.74 Å². The molecule has 106 valence electrons. The van der Waals surface area contributed by atoms with Crippen molar-refractivity contribution in [3.63, 3.8) is 0 Å². The summed E-state index contributed by atoms with van der Waals surface area (Å²) in [6.45, 7) is 5.85. The lowest BCUT2D eigenvalue weighted by Gasteiger charge is -2.15. The monoisotopic (exact) mass is 320 g/mol. The van der Waals surface area contributed by atoms with E-state index in [2.05, 4.69) is 24.1 Å². The molecule has 0 spiro atoms. The van der Waals surface area contributed by atoms with Crippen LogP contribution in [0, 0.1) is 0 Å². The van der Waals surface area contributed by atoms with E-state index in [-0.39, 0.29) is 6.10 Å². The molecule has 19 heavy (non-hydrogen) atoms. The number of anilines is 1. The maximum atomic E-state index is 6.23. The third-order valence-corrected chi connectivity index (χ3v) is 5.15. The Balaban J connectivity index is 2.14. The molecule has 0 saturated carbocycles. The minimum atomic E-state index is 0.241. The molecule has 3 nitrogen and oxygen atoms in total. The Morgan fingerprint density at radius 2 is 2.26 bits per heavy atom. The molecule has 0 bridgehead atoms. The number of rotatable bonds is 5. The van der Waals surface area contributed by atoms with Gasteiger partial charge in [0.15, 0.2) is 0 Å². The van der Waals surface area contributed by atoms with Crippen molar-refractivity contribution in [3.8, 4) is 0 Å². The molecule has 1 aliphatic heterocycles. The minimum absolute atomic E-state index is 0.241. The third kappa shape index (κ3) is 3.91. The zero-order valence-corrected chi connectivity index (χ0v) is 13.4. The first-order valence-electron chi connectivity index (χ1n) is 6.50. The van der Waals surface area contributed by atoms with Crippen molar-refractivity contribution in [1.82, 2.24) is 4.98 Å². The number of pyridine rings is 1. The first-order chi connectivity index (χ1) is 9.11. The number of hydrogen-bond donors (Lipinski definition) is 1. The fraction of sp³-hybridized carbons (Fsp3) is 0.615. The molecule has 2 heterocycles. The number of ether oxygens (including phenoxy) is 1. The van der Waals surface area contributed by atoms with Crippen LogP contribution in [0.25, 0.3) is 0 Å². The van der Waals surface area contributed by atoms with Crippen LogP contribution in [0.15, 0.2) is 11.1 Å². The smallest absolute Gasteiger partial charge is 0.146 e. The summed E-state index contributed by atoms with van der Waals surface area (Å²) >= 11 is 14.0. The quantitative estimate of drug-likeness (QED) is 0.867. The van der Waals surface area contributed by atoms with Crippen LogP contribution < -0.4 is 5.32 Å². The molecule has 2 unspecified atom stereocenters. The molecular formula is C13H18Cl2N2OS. The van der Waals surface area contributed by atoms with E-state index in [4.69, 9.17) is 27.9 Å². The maximum Gasteiger partial charge on any atom is 0.146 e. The summed E-state index contributed by atoms with van der Waals surface area (Å²) in [7, 11) is 0. The van der Waals surface area contributed by atoms with Gasteiger partial charge < -0.3 is 10.1 Å². The Morgan fingerprint density at radius 3 is 2.89 bits per heavy atom. The summed E-state index contributed by atoms with van der Waals surface area (Å²) in [5, 5.41) is 5.63. The molecule has 1 aliphatic rings. The second-order valence-electron chi connectivity index (χ2n) is 4.55. The van der Waals surface area contributed by atoms with Gasteiger partial charge in [-0.05, 0) is 25.8 Å². The topological polar surface area (TPSA) is 34.2 Å². The number of nitrogens with one attached hydrogen (secondary N) is 1. The lowest BCUT2D eigenvalue weighted by atomic mass is 10.3. The van der Waals surface area contributed by atoms with Crippen LogP contribution in [0.2, 0.25) is 10.0 Å². The van der Waals surface area contributed by atoms with Gasteiger partial charge in [0.25, 0.3) is 0 Å². The average molecular weight is 321 g/mol. The highest BCUT2D eigenvalue weighted by Crippen LogP contribution is 2.37. The fourth-order valence-corrected chi connectivity index (χ4v) is 3.56. The van der Waals surface area contributed by atoms with Crippen molar-refractivity contribution in [2.75, 3.05) is 18.5 Å². The van der Waals surface area contributed by atoms with Crippen molar-refractivity contribution < 1.29 is 4.74 Å². The zero-order valence-electron chi connectivity index (χ0n) is 11.1. The summed E-state index contributed by atoms with van der Waals surface area (Å²) in [6.07, 6.45) is 2.30. The lowest BCUT2D eigenvalue weighted by Crippen LogP contribution is -2.13. The molecule has 1 aromatic rings. The molecule has 2 rings (SSSR count). The highest BCUT2D eigenvalue weighted by Gasteiger charge is 2.26. The van der Waals surface area contributed by atoms with E-state index in [0.29, 0.717) is 21.1 Å². The van der Waals surface area contributed by atoms with Gasteiger partial charge >= 0.3 is 0 Å². The molecular weight excluding hydrogens is 303 g/mol. The van der Waals surface area contributed by atoms with Gasteiger partial charge in [0.1, 0.15) is 10.8 Å². The molecule has 2 atom stereocenters. The van der Waals surface area contributed by atoms with E-state index in [1.54, 1.807) is 17.8 Å². The zero-order chi connectivity index (χ0) is 13.8. The van der Waals surface area contributed by atoms with E-state index in [0.717, 1.165) is 31.0 Å². The van der Waals surface area contributed by atoms with Gasteiger partial charge in [-0.1, -0.05) is 41.9 Å². The van der Waals surface area contributed by atoms with Gasteiger partial charge in [0.2, 0.25) is 0 Å². The van der Waals surface area contributed by atoms with Crippen LogP contribution in [0.3, 0.4) is 0 Å². The van der Waals surface area contributed by atoms with E-state index in [1.165, 1.54) is 0 Å². The second kappa shape index (κ2) is 7.02. The number of nitrogens with zero attached hydrogens (tertiary/aromatic N) is 1. The van der Waals surface area contributed by atoms with Crippen molar-refractivity contribution in [2.45, 2.75) is 43.1 Å². The Kier molecular flexibility index (Phi) is 5.63. The van der Waals surface area contributed by atoms with Gasteiger partial charge in [0, 0.05) is 18.4 Å². The van der Waals surface area contributed by atoms with Crippen LogP contribution >= 0.6 is 35.0 Å². The molecule has 1 fully saturated rings. The highest BCUT2D eigenvalue weighted by atomic mass is 35.5. The highest BCUT2D eigenvalue weighted by molar-refractivity contribution is 8.00. The second-order valence-corrected chi connectivity index (χ2v) is 6.60. The molecule has 0 radical (unpaired) electrons. The molecule has 1 aromatic heterocycles. The normalized spacial score (nSPS) is 22.7. The number of halogens is 2. The van der Waals surface area contributed by atoms with Crippen LogP contribution in [0.5, 0.6) is 0 Å². The van der Waals surface area contributed by atoms with Crippen molar-refractivity contribution in [3.05, 3.63) is 16.1 Å².